The first-order valence-corrected chi connectivity index (χ1v) is 11.9. The van der Waals surface area contributed by atoms with E-state index in [0.29, 0.717) is 6.54 Å². The van der Waals surface area contributed by atoms with Crippen molar-refractivity contribution >= 4 is 16.9 Å². The van der Waals surface area contributed by atoms with Gasteiger partial charge in [-0.3, -0.25) is 4.79 Å². The molecule has 0 saturated heterocycles. The summed E-state index contributed by atoms with van der Waals surface area (Å²) in [4.78, 5) is 18.3. The van der Waals surface area contributed by atoms with Crippen LogP contribution in [0.1, 0.15) is 55.5 Å². The van der Waals surface area contributed by atoms with Crippen LogP contribution in [0.2, 0.25) is 0 Å². The number of imidazole rings is 1. The van der Waals surface area contributed by atoms with Crippen molar-refractivity contribution in [3.63, 3.8) is 0 Å². The van der Waals surface area contributed by atoms with E-state index in [9.17, 15) is 4.79 Å². The van der Waals surface area contributed by atoms with Gasteiger partial charge in [0.2, 0.25) is 5.91 Å². The van der Waals surface area contributed by atoms with Crippen LogP contribution in [0.3, 0.4) is 0 Å². The number of amides is 1. The fourth-order valence-electron chi connectivity index (χ4n) is 7.05. The van der Waals surface area contributed by atoms with E-state index < -0.39 is 0 Å². The molecule has 1 N–H and O–H groups in total. The van der Waals surface area contributed by atoms with Crippen LogP contribution >= 0.6 is 0 Å². The highest BCUT2D eigenvalue weighted by molar-refractivity contribution is 5.83. The van der Waals surface area contributed by atoms with Crippen LogP contribution < -0.4 is 5.32 Å². The summed E-state index contributed by atoms with van der Waals surface area (Å²) in [5.41, 5.74) is 4.53. The summed E-state index contributed by atoms with van der Waals surface area (Å²) in [6.45, 7) is 3.38. The van der Waals surface area contributed by atoms with Crippen LogP contribution in [0.5, 0.6) is 0 Å². The monoisotopic (exact) mass is 413 g/mol. The number of benzene rings is 2. The minimum atomic E-state index is -0.109. The van der Waals surface area contributed by atoms with Crippen LogP contribution in [-0.2, 0) is 17.9 Å². The lowest BCUT2D eigenvalue weighted by Crippen LogP contribution is -2.53. The van der Waals surface area contributed by atoms with Crippen molar-refractivity contribution in [1.82, 2.24) is 14.9 Å². The fourth-order valence-corrected chi connectivity index (χ4v) is 7.05. The normalized spacial score (nSPS) is 28.9. The molecule has 4 heteroatoms. The summed E-state index contributed by atoms with van der Waals surface area (Å²) in [7, 11) is 0. The molecule has 0 aliphatic heterocycles. The summed E-state index contributed by atoms with van der Waals surface area (Å²) < 4.78 is 2.26. The molecule has 2 aromatic carbocycles. The Labute approximate surface area is 184 Å². The third kappa shape index (κ3) is 3.37. The molecular formula is C27H31N3O. The lowest BCUT2D eigenvalue weighted by atomic mass is 9.49. The first-order chi connectivity index (χ1) is 15.1. The Bertz CT molecular complexity index is 1090. The van der Waals surface area contributed by atoms with Crippen molar-refractivity contribution in [2.24, 2.45) is 23.2 Å². The van der Waals surface area contributed by atoms with E-state index in [2.05, 4.69) is 59.3 Å². The van der Waals surface area contributed by atoms with Gasteiger partial charge in [0.15, 0.2) is 0 Å². The Morgan fingerprint density at radius 3 is 2.32 bits per heavy atom. The van der Waals surface area contributed by atoms with Crippen molar-refractivity contribution < 1.29 is 4.79 Å². The zero-order chi connectivity index (χ0) is 21.0. The van der Waals surface area contributed by atoms with Gasteiger partial charge in [0.1, 0.15) is 5.82 Å². The zero-order valence-electron chi connectivity index (χ0n) is 18.3. The number of rotatable bonds is 5. The van der Waals surface area contributed by atoms with Crippen LogP contribution in [0.15, 0.2) is 48.5 Å². The van der Waals surface area contributed by atoms with Gasteiger partial charge >= 0.3 is 0 Å². The van der Waals surface area contributed by atoms with E-state index in [4.69, 9.17) is 4.98 Å². The average molecular weight is 414 g/mol. The lowest BCUT2D eigenvalue weighted by molar-refractivity contribution is -0.146. The van der Waals surface area contributed by atoms with E-state index in [1.165, 1.54) is 30.4 Å². The highest BCUT2D eigenvalue weighted by atomic mass is 16.2. The van der Waals surface area contributed by atoms with E-state index in [1.807, 2.05) is 6.07 Å². The predicted molar refractivity (Wildman–Crippen MR) is 122 cm³/mol. The number of aryl methyl sites for hydroxylation is 1. The molecule has 1 heterocycles. The summed E-state index contributed by atoms with van der Waals surface area (Å²) in [6, 6.07) is 17.0. The fraction of sp³-hybridized carbons (Fsp3) is 0.481. The third-order valence-corrected chi connectivity index (χ3v) is 8.12. The van der Waals surface area contributed by atoms with Crippen molar-refractivity contribution in [3.05, 3.63) is 65.5 Å². The minimum absolute atomic E-state index is 0.109. The molecule has 0 unspecified atom stereocenters. The molecule has 31 heavy (non-hydrogen) atoms. The molecule has 3 aromatic rings. The molecule has 4 nitrogen and oxygen atoms in total. The number of hydrogen-bond donors (Lipinski definition) is 1. The summed E-state index contributed by atoms with van der Waals surface area (Å²) in [5, 5.41) is 3.33. The topological polar surface area (TPSA) is 46.9 Å². The maximum absolute atomic E-state index is 13.4. The Kier molecular flexibility index (Phi) is 4.45. The molecule has 0 atom stereocenters. The summed E-state index contributed by atoms with van der Waals surface area (Å²) >= 11 is 0. The number of para-hydroxylation sites is 2. The SMILES string of the molecule is Cc1ccc(Cn2c(CNC(=O)C34CC5CC(CC(C5)C3)C4)nc3ccccc32)cc1. The molecule has 7 rings (SSSR count). The second-order valence-electron chi connectivity index (χ2n) is 10.5. The molecule has 4 saturated carbocycles. The maximum Gasteiger partial charge on any atom is 0.226 e. The molecular weight excluding hydrogens is 382 g/mol. The van der Waals surface area contributed by atoms with E-state index >= 15 is 0 Å². The van der Waals surface area contributed by atoms with Gasteiger partial charge in [-0.25, -0.2) is 4.98 Å². The largest absolute Gasteiger partial charge is 0.348 e. The van der Waals surface area contributed by atoms with Crippen molar-refractivity contribution in [2.75, 3.05) is 0 Å². The average Bonchev–Trinajstić information content (AvgIpc) is 3.10. The summed E-state index contributed by atoms with van der Waals surface area (Å²) in [5.74, 6) is 3.56. The Balaban J connectivity index is 1.25. The van der Waals surface area contributed by atoms with E-state index in [0.717, 1.165) is 60.4 Å². The Morgan fingerprint density at radius 2 is 1.65 bits per heavy atom. The molecule has 4 aliphatic carbocycles. The second kappa shape index (κ2) is 7.22. The maximum atomic E-state index is 13.4. The number of hydrogen-bond acceptors (Lipinski definition) is 2. The van der Waals surface area contributed by atoms with Crippen LogP contribution in [0.25, 0.3) is 11.0 Å². The van der Waals surface area contributed by atoms with E-state index in [-0.39, 0.29) is 11.3 Å². The Morgan fingerprint density at radius 1 is 1.00 bits per heavy atom. The van der Waals surface area contributed by atoms with Gasteiger partial charge in [-0.1, -0.05) is 42.0 Å². The van der Waals surface area contributed by atoms with Gasteiger partial charge in [-0.2, -0.15) is 0 Å². The van der Waals surface area contributed by atoms with Gasteiger partial charge in [-0.05, 0) is 80.9 Å². The smallest absolute Gasteiger partial charge is 0.226 e. The quantitative estimate of drug-likeness (QED) is 0.623. The van der Waals surface area contributed by atoms with Gasteiger partial charge in [-0.15, -0.1) is 0 Å². The molecule has 160 valence electrons. The zero-order valence-corrected chi connectivity index (χ0v) is 18.3. The third-order valence-electron chi connectivity index (χ3n) is 8.12. The van der Waals surface area contributed by atoms with Crippen LogP contribution in [0.4, 0.5) is 0 Å². The van der Waals surface area contributed by atoms with Gasteiger partial charge in [0, 0.05) is 12.0 Å². The molecule has 1 amide bonds. The summed E-state index contributed by atoms with van der Waals surface area (Å²) in [6.07, 6.45) is 7.39. The molecule has 0 spiro atoms. The van der Waals surface area contributed by atoms with Crippen molar-refractivity contribution in [2.45, 2.75) is 58.5 Å². The Hall–Kier alpha value is -2.62. The lowest BCUT2D eigenvalue weighted by Gasteiger charge is -2.55. The van der Waals surface area contributed by atoms with Crippen LogP contribution in [0, 0.1) is 30.1 Å². The van der Waals surface area contributed by atoms with Crippen molar-refractivity contribution in [1.29, 1.82) is 0 Å². The highest BCUT2D eigenvalue weighted by Crippen LogP contribution is 2.60. The number of aromatic nitrogens is 2. The molecule has 1 aromatic heterocycles. The predicted octanol–water partition coefficient (Wildman–Crippen LogP) is 5.23. The first-order valence-electron chi connectivity index (χ1n) is 11.9. The van der Waals surface area contributed by atoms with Crippen LogP contribution in [-0.4, -0.2) is 15.5 Å². The molecule has 4 fully saturated rings. The first kappa shape index (κ1) is 19.1. The molecule has 0 radical (unpaired) electrons. The highest BCUT2D eigenvalue weighted by Gasteiger charge is 2.54. The van der Waals surface area contributed by atoms with E-state index in [1.54, 1.807) is 0 Å². The van der Waals surface area contributed by atoms with Gasteiger partial charge in [0.25, 0.3) is 0 Å². The number of carbonyl (C=O) groups is 1. The second-order valence-corrected chi connectivity index (χ2v) is 10.5. The number of fused-ring (bicyclic) bond motifs is 1. The van der Waals surface area contributed by atoms with Crippen molar-refractivity contribution in [3.8, 4) is 0 Å². The number of nitrogens with one attached hydrogen (secondary N) is 1. The number of carbonyl (C=O) groups excluding carboxylic acids is 1. The van der Waals surface area contributed by atoms with Gasteiger partial charge in [0.05, 0.1) is 17.6 Å². The minimum Gasteiger partial charge on any atom is -0.348 e. The standard InChI is InChI=1S/C27H31N3O/c1-18-6-8-19(9-7-18)17-30-24-5-3-2-4-23(24)29-25(30)16-28-26(31)27-13-20-10-21(14-27)12-22(11-20)15-27/h2-9,20-22H,10-17H2,1H3,(H,28,31). The van der Waals surface area contributed by atoms with Gasteiger partial charge < -0.3 is 9.88 Å². The molecule has 4 bridgehead atoms. The number of nitrogens with zero attached hydrogens (tertiary/aromatic N) is 2. The molecule has 4 aliphatic rings.